The van der Waals surface area contributed by atoms with Gasteiger partial charge in [0.15, 0.2) is 0 Å². The smallest absolute Gasteiger partial charge is 0.321 e. The van der Waals surface area contributed by atoms with E-state index in [9.17, 15) is 9.59 Å². The molecule has 2 aromatic rings. The van der Waals surface area contributed by atoms with E-state index in [1.54, 1.807) is 19.2 Å². The highest BCUT2D eigenvalue weighted by Crippen LogP contribution is 2.19. The van der Waals surface area contributed by atoms with Crippen LogP contribution in [0.15, 0.2) is 48.7 Å². The highest BCUT2D eigenvalue weighted by atomic mass is 16.5. The first kappa shape index (κ1) is 17.7. The van der Waals surface area contributed by atoms with Crippen molar-refractivity contribution in [1.82, 2.24) is 15.6 Å². The summed E-state index contributed by atoms with van der Waals surface area (Å²) in [5, 5.41) is 8.13. The van der Waals surface area contributed by atoms with E-state index in [4.69, 9.17) is 4.74 Å². The van der Waals surface area contributed by atoms with Crippen molar-refractivity contribution in [1.29, 1.82) is 0 Å². The van der Waals surface area contributed by atoms with E-state index in [1.165, 1.54) is 0 Å². The van der Waals surface area contributed by atoms with Crippen LogP contribution in [0.5, 0.6) is 5.75 Å². The molecule has 3 amide bonds. The predicted molar refractivity (Wildman–Crippen MR) is 97.8 cm³/mol. The Morgan fingerprint density at radius 3 is 2.81 bits per heavy atom. The molecule has 0 spiro atoms. The van der Waals surface area contributed by atoms with E-state index >= 15 is 0 Å². The highest BCUT2D eigenvalue weighted by molar-refractivity contribution is 5.98. The van der Waals surface area contributed by atoms with Crippen molar-refractivity contribution in [3.8, 4) is 5.75 Å². The molecular formula is C19H22N4O3. The molecule has 1 fully saturated rings. The van der Waals surface area contributed by atoms with E-state index in [2.05, 4.69) is 20.9 Å². The van der Waals surface area contributed by atoms with Crippen molar-refractivity contribution in [2.75, 3.05) is 5.32 Å². The number of rotatable bonds is 7. The number of carbonyl (C=O) groups excluding carboxylic acids is 2. The first-order valence-electron chi connectivity index (χ1n) is 8.61. The number of carbonyl (C=O) groups is 2. The van der Waals surface area contributed by atoms with Crippen LogP contribution in [0, 0.1) is 0 Å². The third kappa shape index (κ3) is 5.47. The van der Waals surface area contributed by atoms with Gasteiger partial charge in [-0.25, -0.2) is 4.79 Å². The van der Waals surface area contributed by atoms with Gasteiger partial charge in [0.2, 0.25) is 5.91 Å². The quantitative estimate of drug-likeness (QED) is 0.710. The molecule has 1 aliphatic carbocycles. The Bertz CT molecular complexity index is 762. The van der Waals surface area contributed by atoms with Crippen LogP contribution in [-0.4, -0.2) is 29.0 Å². The average Bonchev–Trinajstić information content (AvgIpc) is 3.45. The lowest BCUT2D eigenvalue weighted by atomic mass is 10.2. The third-order valence-electron chi connectivity index (χ3n) is 3.87. The predicted octanol–water partition coefficient (Wildman–Crippen LogP) is 2.45. The Morgan fingerprint density at radius 2 is 2.08 bits per heavy atom. The molecule has 0 aliphatic heterocycles. The molecule has 7 heteroatoms. The van der Waals surface area contributed by atoms with Gasteiger partial charge in [0.1, 0.15) is 18.4 Å². The molecule has 1 aliphatic rings. The number of benzene rings is 1. The molecule has 26 heavy (non-hydrogen) atoms. The molecule has 7 nitrogen and oxygen atoms in total. The summed E-state index contributed by atoms with van der Waals surface area (Å²) in [6.45, 7) is 2.06. The molecule has 0 bridgehead atoms. The van der Waals surface area contributed by atoms with Gasteiger partial charge in [-0.05, 0) is 44.0 Å². The van der Waals surface area contributed by atoms with Gasteiger partial charge in [-0.2, -0.15) is 0 Å². The summed E-state index contributed by atoms with van der Waals surface area (Å²) in [4.78, 5) is 27.9. The summed E-state index contributed by atoms with van der Waals surface area (Å²) < 4.78 is 5.72. The van der Waals surface area contributed by atoms with Gasteiger partial charge < -0.3 is 15.4 Å². The van der Waals surface area contributed by atoms with Crippen LogP contribution in [0.3, 0.4) is 0 Å². The number of anilines is 1. The van der Waals surface area contributed by atoms with Crippen LogP contribution in [-0.2, 0) is 11.4 Å². The second kappa shape index (κ2) is 8.33. The number of amides is 3. The molecule has 0 saturated heterocycles. The molecule has 1 saturated carbocycles. The maximum atomic E-state index is 12.1. The zero-order chi connectivity index (χ0) is 18.4. The van der Waals surface area contributed by atoms with Gasteiger partial charge in [-0.3, -0.25) is 15.1 Å². The van der Waals surface area contributed by atoms with Crippen molar-refractivity contribution in [3.05, 3.63) is 54.4 Å². The maximum Gasteiger partial charge on any atom is 0.321 e. The second-order valence-electron chi connectivity index (χ2n) is 6.24. The van der Waals surface area contributed by atoms with E-state index in [0.29, 0.717) is 12.4 Å². The SMILES string of the molecule is CC(Nc1cccc(OCc2ccccn2)c1)C(=O)NC(=O)NC1CC1. The first-order valence-corrected chi connectivity index (χ1v) is 8.61. The van der Waals surface area contributed by atoms with Gasteiger partial charge in [-0.1, -0.05) is 12.1 Å². The Morgan fingerprint density at radius 1 is 1.23 bits per heavy atom. The summed E-state index contributed by atoms with van der Waals surface area (Å²) in [5.41, 5.74) is 1.56. The zero-order valence-corrected chi connectivity index (χ0v) is 14.6. The third-order valence-corrected chi connectivity index (χ3v) is 3.87. The van der Waals surface area contributed by atoms with Gasteiger partial charge in [-0.15, -0.1) is 0 Å². The van der Waals surface area contributed by atoms with Crippen molar-refractivity contribution in [2.45, 2.75) is 38.5 Å². The van der Waals surface area contributed by atoms with Crippen LogP contribution in [0.25, 0.3) is 0 Å². The molecule has 1 unspecified atom stereocenters. The van der Waals surface area contributed by atoms with Crippen molar-refractivity contribution < 1.29 is 14.3 Å². The van der Waals surface area contributed by atoms with Gasteiger partial charge in [0.25, 0.3) is 0 Å². The molecule has 3 rings (SSSR count). The van der Waals surface area contributed by atoms with Crippen LogP contribution < -0.4 is 20.7 Å². The number of aromatic nitrogens is 1. The lowest BCUT2D eigenvalue weighted by molar-refractivity contribution is -0.120. The molecular weight excluding hydrogens is 332 g/mol. The Labute approximate surface area is 152 Å². The Hall–Kier alpha value is -3.09. The number of nitrogens with zero attached hydrogens (tertiary/aromatic N) is 1. The molecule has 0 radical (unpaired) electrons. The molecule has 1 aromatic heterocycles. The summed E-state index contributed by atoms with van der Waals surface area (Å²) >= 11 is 0. The fraction of sp³-hybridized carbons (Fsp3) is 0.316. The Balaban J connectivity index is 1.50. The van der Waals surface area contributed by atoms with E-state index in [1.807, 2.05) is 36.4 Å². The van der Waals surface area contributed by atoms with Gasteiger partial charge in [0, 0.05) is 24.0 Å². The molecule has 1 atom stereocenters. The summed E-state index contributed by atoms with van der Waals surface area (Å²) in [6.07, 6.45) is 3.66. The topological polar surface area (TPSA) is 92.3 Å². The summed E-state index contributed by atoms with van der Waals surface area (Å²) in [7, 11) is 0. The fourth-order valence-electron chi connectivity index (χ4n) is 2.30. The first-order chi connectivity index (χ1) is 12.6. The number of imide groups is 1. The number of ether oxygens (including phenoxy) is 1. The number of hydrogen-bond acceptors (Lipinski definition) is 5. The molecule has 3 N–H and O–H groups in total. The van der Waals surface area contributed by atoms with E-state index < -0.39 is 12.1 Å². The lowest BCUT2D eigenvalue weighted by Gasteiger charge is -2.16. The summed E-state index contributed by atoms with van der Waals surface area (Å²) in [6, 6.07) is 12.2. The number of pyridine rings is 1. The summed E-state index contributed by atoms with van der Waals surface area (Å²) in [5.74, 6) is 0.280. The van der Waals surface area contributed by atoms with Crippen molar-refractivity contribution in [2.24, 2.45) is 0 Å². The minimum atomic E-state index is -0.564. The van der Waals surface area contributed by atoms with Gasteiger partial charge >= 0.3 is 6.03 Å². The van der Waals surface area contributed by atoms with Crippen LogP contribution in [0.2, 0.25) is 0 Å². The second-order valence-corrected chi connectivity index (χ2v) is 6.24. The minimum absolute atomic E-state index is 0.207. The molecule has 1 heterocycles. The largest absolute Gasteiger partial charge is 0.487 e. The van der Waals surface area contributed by atoms with Crippen molar-refractivity contribution in [3.63, 3.8) is 0 Å². The molecule has 136 valence electrons. The monoisotopic (exact) mass is 354 g/mol. The molecule has 1 aromatic carbocycles. The van der Waals surface area contributed by atoms with Crippen molar-refractivity contribution >= 4 is 17.6 Å². The zero-order valence-electron chi connectivity index (χ0n) is 14.6. The number of nitrogens with one attached hydrogen (secondary N) is 3. The average molecular weight is 354 g/mol. The normalized spacial score (nSPS) is 14.2. The van der Waals surface area contributed by atoms with Crippen LogP contribution in [0.1, 0.15) is 25.5 Å². The number of hydrogen-bond donors (Lipinski definition) is 3. The minimum Gasteiger partial charge on any atom is -0.487 e. The van der Waals surface area contributed by atoms with Crippen LogP contribution in [0.4, 0.5) is 10.5 Å². The fourth-order valence-corrected chi connectivity index (χ4v) is 2.30. The lowest BCUT2D eigenvalue weighted by Crippen LogP contribution is -2.46. The standard InChI is InChI=1S/C19H22N4O3/c1-13(18(24)23-19(25)22-14-8-9-14)21-15-6-4-7-17(11-15)26-12-16-5-2-3-10-20-16/h2-7,10-11,13-14,21H,8-9,12H2,1H3,(H2,22,23,24,25). The van der Waals surface area contributed by atoms with E-state index in [-0.39, 0.29) is 11.9 Å². The Kier molecular flexibility index (Phi) is 5.68. The van der Waals surface area contributed by atoms with Crippen LogP contribution >= 0.6 is 0 Å². The number of urea groups is 1. The van der Waals surface area contributed by atoms with E-state index in [0.717, 1.165) is 24.2 Å². The highest BCUT2D eigenvalue weighted by Gasteiger charge is 2.24. The maximum absolute atomic E-state index is 12.1. The van der Waals surface area contributed by atoms with Gasteiger partial charge in [0.05, 0.1) is 5.69 Å².